The Bertz CT molecular complexity index is 439. The van der Waals surface area contributed by atoms with Gasteiger partial charge in [0.2, 0.25) is 0 Å². The van der Waals surface area contributed by atoms with Gasteiger partial charge in [-0.05, 0) is 12.1 Å². The summed E-state index contributed by atoms with van der Waals surface area (Å²) in [6.07, 6.45) is 1.59. The highest BCUT2D eigenvalue weighted by Crippen LogP contribution is 2.29. The van der Waals surface area contributed by atoms with Crippen LogP contribution in [0.3, 0.4) is 0 Å². The highest BCUT2D eigenvalue weighted by Gasteiger charge is 2.08. The van der Waals surface area contributed by atoms with Crippen LogP contribution >= 0.6 is 15.9 Å². The van der Waals surface area contributed by atoms with Gasteiger partial charge in [0.05, 0.1) is 7.11 Å². The fourth-order valence-electron chi connectivity index (χ4n) is 1.23. The molecule has 72 valence electrons. The van der Waals surface area contributed by atoms with E-state index in [2.05, 4.69) is 20.9 Å². The number of aromatic nitrogens is 1. The summed E-state index contributed by atoms with van der Waals surface area (Å²) in [5.41, 5.74) is 1.68. The maximum Gasteiger partial charge on any atom is 0.264 e. The molecule has 2 aromatic rings. The van der Waals surface area contributed by atoms with Crippen molar-refractivity contribution < 1.29 is 9.15 Å². The molecule has 0 N–H and O–H groups in total. The Labute approximate surface area is 89.8 Å². The van der Waals surface area contributed by atoms with Crippen molar-refractivity contribution in [3.63, 3.8) is 0 Å². The predicted octanol–water partition coefficient (Wildman–Crippen LogP) is 3.11. The topological polar surface area (TPSA) is 35.3 Å². The minimum absolute atomic E-state index is 0.471. The van der Waals surface area contributed by atoms with E-state index in [0.29, 0.717) is 4.80 Å². The van der Waals surface area contributed by atoms with Crippen molar-refractivity contribution in [1.82, 2.24) is 4.98 Å². The zero-order valence-electron chi connectivity index (χ0n) is 7.53. The van der Waals surface area contributed by atoms with E-state index in [-0.39, 0.29) is 0 Å². The maximum atomic E-state index is 5.21. The smallest absolute Gasteiger partial charge is 0.264 e. The second kappa shape index (κ2) is 3.84. The number of benzene rings is 1. The molecule has 1 aromatic heterocycles. The Morgan fingerprint density at radius 2 is 2.14 bits per heavy atom. The lowest BCUT2D eigenvalue weighted by Crippen LogP contribution is -1.86. The molecule has 1 aromatic carbocycles. The van der Waals surface area contributed by atoms with E-state index in [0.717, 1.165) is 17.0 Å². The molecule has 0 unspecified atom stereocenters. The molecule has 4 heteroatoms. The van der Waals surface area contributed by atoms with Crippen LogP contribution in [-0.2, 0) is 0 Å². The van der Waals surface area contributed by atoms with Gasteiger partial charge in [-0.3, -0.25) is 0 Å². The van der Waals surface area contributed by atoms with E-state index < -0.39 is 0 Å². The summed E-state index contributed by atoms with van der Waals surface area (Å²) < 4.78 is 10.3. The quantitative estimate of drug-likeness (QED) is 0.825. The first-order valence-electron chi connectivity index (χ1n) is 4.05. The first-order valence-corrected chi connectivity index (χ1v) is 4.85. The summed E-state index contributed by atoms with van der Waals surface area (Å²) in [7, 11) is 1.63. The number of oxazole rings is 1. The summed E-state index contributed by atoms with van der Waals surface area (Å²) in [5, 5.41) is 0. The van der Waals surface area contributed by atoms with E-state index in [1.54, 1.807) is 13.4 Å². The number of methoxy groups -OCH3 is 1. The number of ether oxygens (including phenoxy) is 1. The van der Waals surface area contributed by atoms with Gasteiger partial charge >= 0.3 is 0 Å². The van der Waals surface area contributed by atoms with Gasteiger partial charge in [0.1, 0.15) is 17.7 Å². The molecule has 3 nitrogen and oxygen atoms in total. The lowest BCUT2D eigenvalue weighted by Gasteiger charge is -2.03. The van der Waals surface area contributed by atoms with Crippen LogP contribution in [0.5, 0.6) is 5.75 Å². The standard InChI is InChI=1S/C10H8BrNO2/c1-13-9-5-3-2-4-7(9)8-6-14-10(11)12-8/h2-6H,1H3. The summed E-state index contributed by atoms with van der Waals surface area (Å²) in [5.74, 6) is 0.785. The molecule has 0 radical (unpaired) electrons. The molecular formula is C10H8BrNO2. The average Bonchev–Trinajstić information content (AvgIpc) is 2.65. The van der Waals surface area contributed by atoms with Gasteiger partial charge in [-0.15, -0.1) is 0 Å². The third-order valence-electron chi connectivity index (χ3n) is 1.86. The first-order chi connectivity index (χ1) is 6.81. The van der Waals surface area contributed by atoms with Crippen LogP contribution < -0.4 is 4.74 Å². The number of rotatable bonds is 2. The normalized spacial score (nSPS) is 10.1. The van der Waals surface area contributed by atoms with E-state index in [1.165, 1.54) is 0 Å². The zero-order chi connectivity index (χ0) is 9.97. The molecule has 0 aliphatic carbocycles. The molecule has 0 saturated heterocycles. The molecule has 0 spiro atoms. The minimum Gasteiger partial charge on any atom is -0.496 e. The lowest BCUT2D eigenvalue weighted by atomic mass is 10.1. The fraction of sp³-hybridized carbons (Fsp3) is 0.100. The van der Waals surface area contributed by atoms with Gasteiger partial charge in [-0.25, -0.2) is 4.98 Å². The van der Waals surface area contributed by atoms with Gasteiger partial charge in [0.25, 0.3) is 4.80 Å². The van der Waals surface area contributed by atoms with E-state index in [1.807, 2.05) is 24.3 Å². The molecule has 14 heavy (non-hydrogen) atoms. The Hall–Kier alpha value is -1.29. The van der Waals surface area contributed by atoms with Gasteiger partial charge < -0.3 is 9.15 Å². The fourth-order valence-corrected chi connectivity index (χ4v) is 1.52. The number of halogens is 1. The van der Waals surface area contributed by atoms with E-state index in [4.69, 9.17) is 9.15 Å². The predicted molar refractivity (Wildman–Crippen MR) is 56.2 cm³/mol. The van der Waals surface area contributed by atoms with Crippen molar-refractivity contribution in [2.45, 2.75) is 0 Å². The number of hydrogen-bond donors (Lipinski definition) is 0. The van der Waals surface area contributed by atoms with Gasteiger partial charge in [-0.1, -0.05) is 12.1 Å². The molecule has 0 bridgehead atoms. The van der Waals surface area contributed by atoms with Gasteiger partial charge in [0.15, 0.2) is 0 Å². The molecule has 0 aliphatic rings. The Morgan fingerprint density at radius 1 is 1.36 bits per heavy atom. The van der Waals surface area contributed by atoms with Crippen molar-refractivity contribution in [2.24, 2.45) is 0 Å². The summed E-state index contributed by atoms with van der Waals surface area (Å²) in [6, 6.07) is 7.67. The van der Waals surface area contributed by atoms with Crippen LogP contribution in [-0.4, -0.2) is 12.1 Å². The third kappa shape index (κ3) is 1.65. The van der Waals surface area contributed by atoms with Crippen molar-refractivity contribution in [1.29, 1.82) is 0 Å². The van der Waals surface area contributed by atoms with Crippen molar-refractivity contribution in [2.75, 3.05) is 7.11 Å². The summed E-state index contributed by atoms with van der Waals surface area (Å²) in [6.45, 7) is 0. The van der Waals surface area contributed by atoms with Crippen molar-refractivity contribution in [3.8, 4) is 17.0 Å². The van der Waals surface area contributed by atoms with Crippen LogP contribution in [0, 0.1) is 0 Å². The van der Waals surface area contributed by atoms with Crippen molar-refractivity contribution in [3.05, 3.63) is 35.3 Å². The molecular weight excluding hydrogens is 246 g/mol. The number of hydrogen-bond acceptors (Lipinski definition) is 3. The van der Waals surface area contributed by atoms with Gasteiger partial charge in [0, 0.05) is 21.5 Å². The average molecular weight is 254 g/mol. The van der Waals surface area contributed by atoms with Crippen LogP contribution in [0.1, 0.15) is 0 Å². The summed E-state index contributed by atoms with van der Waals surface area (Å²) >= 11 is 3.16. The number of para-hydroxylation sites is 1. The van der Waals surface area contributed by atoms with Crippen molar-refractivity contribution >= 4 is 15.9 Å². The highest BCUT2D eigenvalue weighted by atomic mass is 79.9. The largest absolute Gasteiger partial charge is 0.496 e. The molecule has 2 rings (SSSR count). The van der Waals surface area contributed by atoms with Gasteiger partial charge in [-0.2, -0.15) is 0 Å². The first kappa shape index (κ1) is 9.27. The van der Waals surface area contributed by atoms with Crippen LogP contribution in [0.15, 0.2) is 39.7 Å². The third-order valence-corrected chi connectivity index (χ3v) is 2.22. The second-order valence-electron chi connectivity index (χ2n) is 2.69. The van der Waals surface area contributed by atoms with E-state index >= 15 is 0 Å². The Kier molecular flexibility index (Phi) is 2.54. The monoisotopic (exact) mass is 253 g/mol. The molecule has 0 fully saturated rings. The lowest BCUT2D eigenvalue weighted by molar-refractivity contribution is 0.416. The SMILES string of the molecule is COc1ccccc1-c1coc(Br)n1. The maximum absolute atomic E-state index is 5.21. The molecule has 0 amide bonds. The second-order valence-corrected chi connectivity index (χ2v) is 3.36. The molecule has 1 heterocycles. The van der Waals surface area contributed by atoms with Crippen LogP contribution in [0.25, 0.3) is 11.3 Å². The van der Waals surface area contributed by atoms with E-state index in [9.17, 15) is 0 Å². The van der Waals surface area contributed by atoms with Crippen LogP contribution in [0.2, 0.25) is 0 Å². The Balaban J connectivity index is 2.50. The zero-order valence-corrected chi connectivity index (χ0v) is 9.11. The molecule has 0 atom stereocenters. The minimum atomic E-state index is 0.471. The van der Waals surface area contributed by atoms with Crippen LogP contribution in [0.4, 0.5) is 0 Å². The summed E-state index contributed by atoms with van der Waals surface area (Å²) in [4.78, 5) is 4.63. The Morgan fingerprint density at radius 3 is 2.79 bits per heavy atom. The molecule has 0 aliphatic heterocycles. The highest BCUT2D eigenvalue weighted by molar-refractivity contribution is 9.10. The number of nitrogens with zero attached hydrogens (tertiary/aromatic N) is 1. The molecule has 0 saturated carbocycles.